The van der Waals surface area contributed by atoms with Gasteiger partial charge in [-0.2, -0.15) is 0 Å². The number of carbonyl (C=O) groups excluding carboxylic acids is 4. The van der Waals surface area contributed by atoms with E-state index in [1.165, 1.54) is 23.0 Å². The predicted molar refractivity (Wildman–Crippen MR) is 165 cm³/mol. The molecule has 240 valence electrons. The van der Waals surface area contributed by atoms with Crippen LogP contribution < -0.4 is 24.8 Å². The summed E-state index contributed by atoms with van der Waals surface area (Å²) in [6.07, 6.45) is 2.32. The van der Waals surface area contributed by atoms with Crippen LogP contribution in [0.2, 0.25) is 0 Å². The molecule has 2 aliphatic heterocycles. The minimum absolute atomic E-state index is 0.212. The Morgan fingerprint density at radius 3 is 2.64 bits per heavy atom. The molecule has 2 fully saturated rings. The van der Waals surface area contributed by atoms with Crippen molar-refractivity contribution in [1.29, 1.82) is 0 Å². The molecule has 2 heterocycles. The highest BCUT2D eigenvalue weighted by Crippen LogP contribution is 2.64. The maximum absolute atomic E-state index is 13.2. The number of likely N-dealkylation sites (tertiary alicyclic amines) is 1. The molecule has 2 aromatic rings. The van der Waals surface area contributed by atoms with E-state index >= 15 is 0 Å². The van der Waals surface area contributed by atoms with Crippen molar-refractivity contribution in [3.05, 3.63) is 53.1 Å². The number of hydrogen-bond acceptors (Lipinski definition) is 7. The second kappa shape index (κ2) is 11.7. The molecule has 6 atom stereocenters. The van der Waals surface area contributed by atoms with Gasteiger partial charge in [-0.15, -0.1) is 0 Å². The van der Waals surface area contributed by atoms with Gasteiger partial charge in [0.1, 0.15) is 18.3 Å². The van der Waals surface area contributed by atoms with Crippen LogP contribution in [0.3, 0.4) is 0 Å². The molecule has 1 saturated heterocycles. The van der Waals surface area contributed by atoms with E-state index < -0.39 is 18.2 Å². The molecule has 3 amide bonds. The summed E-state index contributed by atoms with van der Waals surface area (Å²) in [5.41, 5.74) is 3.39. The third-order valence-corrected chi connectivity index (χ3v) is 10.5. The number of nitrogens with one attached hydrogen (secondary N) is 2. The van der Waals surface area contributed by atoms with Gasteiger partial charge in [0.15, 0.2) is 23.4 Å². The van der Waals surface area contributed by atoms with Crippen molar-refractivity contribution in [3.63, 3.8) is 0 Å². The number of quaternary nitrogens is 1. The topological polar surface area (TPSA) is 123 Å². The Labute approximate surface area is 263 Å². The molecule has 6 rings (SSSR count). The van der Waals surface area contributed by atoms with Gasteiger partial charge in [0, 0.05) is 63.4 Å². The third-order valence-electron chi connectivity index (χ3n) is 10.5. The van der Waals surface area contributed by atoms with Crippen LogP contribution in [0.4, 0.5) is 4.79 Å². The molecule has 45 heavy (non-hydrogen) atoms. The maximum Gasteiger partial charge on any atom is 0.415 e. The molecule has 0 radical (unpaired) electrons. The van der Waals surface area contributed by atoms with E-state index in [2.05, 4.69) is 23.7 Å². The standard InChI is InChI=1S/C34H42N4O7/c1-20(36-21(2)39)32(41)35-15-16-37(3)33(42)44-24-9-6-22(7-10-24)19-38(4)17-14-34-25-11-12-27(40)31(34)45-30-28(43-5)13-8-23(29(30)34)18-26(25)38/h6-10,13,20,25-26,31H,11-12,14-19H2,1-5H3,(H-,35,36,39,41)/p+1/t20-,25-,26?,31-,34-,38+/m0/s1. The molecule has 0 aromatic heterocycles. The van der Waals surface area contributed by atoms with Gasteiger partial charge in [0.25, 0.3) is 0 Å². The first-order valence-electron chi connectivity index (χ1n) is 15.8. The minimum atomic E-state index is -0.653. The van der Waals surface area contributed by atoms with Gasteiger partial charge < -0.3 is 34.2 Å². The Morgan fingerprint density at radius 2 is 1.93 bits per heavy atom. The Morgan fingerprint density at radius 1 is 1.18 bits per heavy atom. The van der Waals surface area contributed by atoms with Gasteiger partial charge in [0.05, 0.1) is 32.2 Å². The lowest BCUT2D eigenvalue weighted by atomic mass is 9.51. The molecule has 11 heteroatoms. The highest BCUT2D eigenvalue weighted by atomic mass is 16.6. The Kier molecular flexibility index (Phi) is 8.01. The molecule has 2 aromatic carbocycles. The van der Waals surface area contributed by atoms with Crippen molar-refractivity contribution in [2.24, 2.45) is 5.92 Å². The summed E-state index contributed by atoms with van der Waals surface area (Å²) in [7, 11) is 5.61. The summed E-state index contributed by atoms with van der Waals surface area (Å²) < 4.78 is 18.6. The fourth-order valence-electron chi connectivity index (χ4n) is 8.36. The summed E-state index contributed by atoms with van der Waals surface area (Å²) in [5.74, 6) is 1.91. The highest BCUT2D eigenvalue weighted by Gasteiger charge is 2.69. The summed E-state index contributed by atoms with van der Waals surface area (Å²) >= 11 is 0. The lowest BCUT2D eigenvalue weighted by Crippen LogP contribution is -2.71. The largest absolute Gasteiger partial charge is 0.493 e. The van der Waals surface area contributed by atoms with Crippen LogP contribution in [-0.4, -0.2) is 92.1 Å². The normalized spacial score (nSPS) is 27.8. The van der Waals surface area contributed by atoms with E-state index in [1.807, 2.05) is 30.3 Å². The third kappa shape index (κ3) is 5.30. The van der Waals surface area contributed by atoms with Gasteiger partial charge in [-0.3, -0.25) is 14.4 Å². The van der Waals surface area contributed by atoms with Crippen molar-refractivity contribution < 1.29 is 37.9 Å². The van der Waals surface area contributed by atoms with Gasteiger partial charge >= 0.3 is 6.09 Å². The Bertz CT molecular complexity index is 1530. The van der Waals surface area contributed by atoms with E-state index in [4.69, 9.17) is 14.2 Å². The van der Waals surface area contributed by atoms with Crippen LogP contribution in [0.25, 0.3) is 0 Å². The van der Waals surface area contributed by atoms with Gasteiger partial charge in [0.2, 0.25) is 11.8 Å². The number of likely N-dealkylation sites (N-methyl/N-ethyl adjacent to an activating group) is 2. The van der Waals surface area contributed by atoms with E-state index in [1.54, 1.807) is 21.1 Å². The number of rotatable bonds is 9. The number of piperidine rings is 1. The zero-order chi connectivity index (χ0) is 32.1. The molecular formula is C34H43N4O7+. The maximum atomic E-state index is 13.2. The van der Waals surface area contributed by atoms with E-state index in [0.29, 0.717) is 24.1 Å². The number of Topliss-reactive ketones (excluding diaryl/α,β-unsaturated/α-hetero) is 1. The number of amides is 3. The molecule has 1 saturated carbocycles. The summed E-state index contributed by atoms with van der Waals surface area (Å²) in [5, 5.41) is 5.23. The smallest absolute Gasteiger partial charge is 0.415 e. The van der Waals surface area contributed by atoms with Crippen molar-refractivity contribution >= 4 is 23.7 Å². The van der Waals surface area contributed by atoms with E-state index in [9.17, 15) is 19.2 Å². The first kappa shape index (κ1) is 30.9. The Balaban J connectivity index is 1.10. The van der Waals surface area contributed by atoms with Crippen molar-refractivity contribution in [2.45, 2.75) is 69.7 Å². The lowest BCUT2D eigenvalue weighted by molar-refractivity contribution is -0.957. The number of ether oxygens (including phenoxy) is 3. The number of ketones is 1. The minimum Gasteiger partial charge on any atom is -0.493 e. The van der Waals surface area contributed by atoms with Gasteiger partial charge in [-0.05, 0) is 49.2 Å². The molecule has 1 unspecified atom stereocenters. The van der Waals surface area contributed by atoms with Crippen LogP contribution >= 0.6 is 0 Å². The molecule has 2 N–H and O–H groups in total. The first-order valence-corrected chi connectivity index (χ1v) is 15.8. The van der Waals surface area contributed by atoms with Crippen LogP contribution in [-0.2, 0) is 32.8 Å². The lowest BCUT2D eigenvalue weighted by Gasteiger charge is -2.60. The molecular weight excluding hydrogens is 576 g/mol. The number of methoxy groups -OCH3 is 1. The van der Waals surface area contributed by atoms with E-state index in [0.717, 1.165) is 53.9 Å². The average Bonchev–Trinajstić information content (AvgIpc) is 3.36. The second-order valence-corrected chi connectivity index (χ2v) is 13.3. The second-order valence-electron chi connectivity index (χ2n) is 13.3. The van der Waals surface area contributed by atoms with Crippen LogP contribution in [0.1, 0.15) is 49.8 Å². The zero-order valence-electron chi connectivity index (χ0n) is 26.7. The molecule has 2 bridgehead atoms. The van der Waals surface area contributed by atoms with E-state index in [-0.39, 0.29) is 36.1 Å². The van der Waals surface area contributed by atoms with Crippen LogP contribution in [0, 0.1) is 5.92 Å². The quantitative estimate of drug-likeness (QED) is 0.414. The summed E-state index contributed by atoms with van der Waals surface area (Å²) in [4.78, 5) is 50.5. The number of carbonyl (C=O) groups is 4. The molecule has 1 spiro atoms. The fraction of sp³-hybridized carbons (Fsp3) is 0.529. The number of benzene rings is 2. The fourth-order valence-corrected chi connectivity index (χ4v) is 8.36. The Hall–Kier alpha value is -4.12. The van der Waals surface area contributed by atoms with Gasteiger partial charge in [-0.25, -0.2) is 4.79 Å². The molecule has 4 aliphatic rings. The SMILES string of the molecule is COc1ccc2c3c1O[C@H]1C(=O)CC[C@H]4C(C2)[N@@+](C)(Cc2ccc(OC(=O)N(C)CCNC(=O)[C@H](C)NC(C)=O)cc2)CC[C@]314. The van der Waals surface area contributed by atoms with Crippen LogP contribution in [0.15, 0.2) is 36.4 Å². The summed E-state index contributed by atoms with van der Waals surface area (Å²) in [6.45, 7) is 5.20. The highest BCUT2D eigenvalue weighted by molar-refractivity contribution is 5.89. The number of nitrogens with zero attached hydrogens (tertiary/aromatic N) is 2. The van der Waals surface area contributed by atoms with Crippen molar-refractivity contribution in [3.8, 4) is 17.2 Å². The first-order chi connectivity index (χ1) is 21.5. The number of hydrogen-bond donors (Lipinski definition) is 2. The molecule has 11 nitrogen and oxygen atoms in total. The zero-order valence-corrected chi connectivity index (χ0v) is 26.7. The molecule has 2 aliphatic carbocycles. The van der Waals surface area contributed by atoms with Crippen molar-refractivity contribution in [2.75, 3.05) is 40.8 Å². The average molecular weight is 620 g/mol. The van der Waals surface area contributed by atoms with Gasteiger partial charge in [-0.1, -0.05) is 6.07 Å². The predicted octanol–water partition coefficient (Wildman–Crippen LogP) is 2.72. The monoisotopic (exact) mass is 619 g/mol. The van der Waals surface area contributed by atoms with Crippen molar-refractivity contribution in [1.82, 2.24) is 15.5 Å². The summed E-state index contributed by atoms with van der Waals surface area (Å²) in [6, 6.07) is 11.5. The van der Waals surface area contributed by atoms with Crippen LogP contribution in [0.5, 0.6) is 17.2 Å².